The van der Waals surface area contributed by atoms with Crippen LogP contribution in [0.2, 0.25) is 0 Å². The highest BCUT2D eigenvalue weighted by Crippen LogP contribution is 2.26. The molecule has 0 atom stereocenters. The Balaban J connectivity index is 2.72. The number of nitrogens with zero attached hydrogens (tertiary/aromatic N) is 1. The molecule has 0 bridgehead atoms. The number of hydrogen-bond donors (Lipinski definition) is 1. The molecule has 0 saturated carbocycles. The second kappa shape index (κ2) is 4.47. The quantitative estimate of drug-likeness (QED) is 0.642. The molecule has 1 aromatic carbocycles. The van der Waals surface area contributed by atoms with E-state index in [4.69, 9.17) is 9.15 Å². The predicted octanol–water partition coefficient (Wildman–Crippen LogP) is 1.37. The molecule has 0 aliphatic heterocycles. The third-order valence-electron chi connectivity index (χ3n) is 2.63. The number of benzene rings is 1. The van der Waals surface area contributed by atoms with Crippen molar-refractivity contribution in [2.45, 2.75) is 0 Å². The van der Waals surface area contributed by atoms with E-state index in [-0.39, 0.29) is 5.63 Å². The van der Waals surface area contributed by atoms with E-state index >= 15 is 0 Å². The van der Waals surface area contributed by atoms with Gasteiger partial charge < -0.3 is 14.2 Å². The van der Waals surface area contributed by atoms with Crippen LogP contribution in [0.1, 0.15) is 0 Å². The summed E-state index contributed by atoms with van der Waals surface area (Å²) in [6.07, 6.45) is 0. The molecule has 0 radical (unpaired) electrons. The van der Waals surface area contributed by atoms with Gasteiger partial charge in [0.2, 0.25) is 0 Å². The summed E-state index contributed by atoms with van der Waals surface area (Å²) in [4.78, 5) is 11.5. The Kier molecular flexibility index (Phi) is 3.01. The molecule has 0 aliphatic rings. The van der Waals surface area contributed by atoms with Gasteiger partial charge in [0.15, 0.2) is 0 Å². The Labute approximate surface area is 98.6 Å². The average molecular weight is 234 g/mol. The molecule has 17 heavy (non-hydrogen) atoms. The molecule has 0 aliphatic carbocycles. The minimum absolute atomic E-state index is 0.386. The van der Waals surface area contributed by atoms with Crippen LogP contribution in [0.5, 0.6) is 5.75 Å². The minimum atomic E-state index is -0.386. The van der Waals surface area contributed by atoms with Gasteiger partial charge in [-0.2, -0.15) is 0 Å². The molecular weight excluding hydrogens is 220 g/mol. The molecule has 1 heterocycles. The molecule has 0 saturated heterocycles. The molecule has 5 heteroatoms. The Morgan fingerprint density at radius 3 is 2.76 bits per heavy atom. The lowest BCUT2D eigenvalue weighted by Crippen LogP contribution is -2.31. The molecule has 0 amide bonds. The van der Waals surface area contributed by atoms with Crippen LogP contribution in [-0.2, 0) is 0 Å². The largest absolute Gasteiger partial charge is 0.497 e. The van der Waals surface area contributed by atoms with E-state index in [1.54, 1.807) is 25.2 Å². The van der Waals surface area contributed by atoms with Crippen molar-refractivity contribution in [2.24, 2.45) is 0 Å². The zero-order valence-electron chi connectivity index (χ0n) is 9.98. The fraction of sp³-hybridized carbons (Fsp3) is 0.250. The van der Waals surface area contributed by atoms with Gasteiger partial charge in [-0.3, -0.25) is 0 Å². The average Bonchev–Trinajstić information content (AvgIpc) is 2.35. The van der Waals surface area contributed by atoms with Crippen molar-refractivity contribution < 1.29 is 9.15 Å². The van der Waals surface area contributed by atoms with Gasteiger partial charge in [-0.05, 0) is 12.1 Å². The molecule has 0 fully saturated rings. The van der Waals surface area contributed by atoms with Gasteiger partial charge in [-0.25, -0.2) is 10.2 Å². The van der Waals surface area contributed by atoms with Crippen LogP contribution in [0.3, 0.4) is 0 Å². The number of ether oxygens (including phenoxy) is 1. The van der Waals surface area contributed by atoms with Crippen molar-refractivity contribution in [3.05, 3.63) is 34.7 Å². The highest BCUT2D eigenvalue weighted by molar-refractivity contribution is 5.90. The number of anilines is 1. The van der Waals surface area contributed by atoms with E-state index in [1.165, 1.54) is 6.07 Å². The van der Waals surface area contributed by atoms with Crippen LogP contribution < -0.4 is 20.8 Å². The lowest BCUT2D eigenvalue weighted by Gasteiger charge is -2.18. The highest BCUT2D eigenvalue weighted by Gasteiger charge is 2.09. The molecule has 2 rings (SSSR count). The summed E-state index contributed by atoms with van der Waals surface area (Å²) < 4.78 is 10.2. The van der Waals surface area contributed by atoms with Gasteiger partial charge in [0.25, 0.3) is 0 Å². The first-order valence-electron chi connectivity index (χ1n) is 5.18. The van der Waals surface area contributed by atoms with Crippen LogP contribution in [0.15, 0.2) is 33.5 Å². The second-order valence-corrected chi connectivity index (χ2v) is 3.60. The Hall–Kier alpha value is -2.01. The number of nitrogens with one attached hydrogen (secondary N) is 1. The van der Waals surface area contributed by atoms with Crippen molar-refractivity contribution in [3.63, 3.8) is 0 Å². The van der Waals surface area contributed by atoms with Crippen molar-refractivity contribution in [1.29, 1.82) is 0 Å². The molecule has 90 valence electrons. The van der Waals surface area contributed by atoms with Crippen molar-refractivity contribution in [1.82, 2.24) is 5.43 Å². The maximum Gasteiger partial charge on any atom is 0.338 e. The lowest BCUT2D eigenvalue weighted by atomic mass is 10.2. The standard InChI is InChI=1S/C12H14N2O3/c1-13-14(2)10-7-12(15)17-11-6-8(16-3)4-5-9(10)11/h4-7,13H,1-3H3. The van der Waals surface area contributed by atoms with Gasteiger partial charge in [0.1, 0.15) is 11.3 Å². The van der Waals surface area contributed by atoms with Gasteiger partial charge >= 0.3 is 5.63 Å². The molecule has 0 unspecified atom stereocenters. The SMILES string of the molecule is CNN(C)c1cc(=O)oc2cc(OC)ccc12. The predicted molar refractivity (Wildman–Crippen MR) is 66.5 cm³/mol. The first-order chi connectivity index (χ1) is 8.15. The maximum atomic E-state index is 11.5. The van der Waals surface area contributed by atoms with E-state index in [9.17, 15) is 4.79 Å². The fourth-order valence-electron chi connectivity index (χ4n) is 1.65. The number of hydrazine groups is 1. The number of methoxy groups -OCH3 is 1. The van der Waals surface area contributed by atoms with E-state index in [0.29, 0.717) is 11.3 Å². The summed E-state index contributed by atoms with van der Waals surface area (Å²) in [5.74, 6) is 0.657. The van der Waals surface area contributed by atoms with E-state index < -0.39 is 0 Å². The number of rotatable bonds is 3. The highest BCUT2D eigenvalue weighted by atomic mass is 16.5. The van der Waals surface area contributed by atoms with Crippen LogP contribution in [-0.4, -0.2) is 21.2 Å². The molecule has 0 spiro atoms. The Bertz CT molecular complexity index is 592. The van der Waals surface area contributed by atoms with Crippen LogP contribution in [0.4, 0.5) is 5.69 Å². The van der Waals surface area contributed by atoms with E-state index in [2.05, 4.69) is 5.43 Å². The summed E-state index contributed by atoms with van der Waals surface area (Å²) in [6, 6.07) is 6.84. The number of hydrogen-bond acceptors (Lipinski definition) is 5. The molecular formula is C12H14N2O3. The summed E-state index contributed by atoms with van der Waals surface area (Å²) >= 11 is 0. The summed E-state index contributed by atoms with van der Waals surface area (Å²) in [6.45, 7) is 0. The van der Waals surface area contributed by atoms with Crippen LogP contribution in [0.25, 0.3) is 11.0 Å². The number of fused-ring (bicyclic) bond motifs is 1. The molecule has 5 nitrogen and oxygen atoms in total. The third-order valence-corrected chi connectivity index (χ3v) is 2.63. The Morgan fingerprint density at radius 2 is 2.12 bits per heavy atom. The third kappa shape index (κ3) is 2.09. The van der Waals surface area contributed by atoms with E-state index in [0.717, 1.165) is 11.1 Å². The fourth-order valence-corrected chi connectivity index (χ4v) is 1.65. The maximum absolute atomic E-state index is 11.5. The summed E-state index contributed by atoms with van der Waals surface area (Å²) in [5, 5.41) is 2.60. The zero-order chi connectivity index (χ0) is 12.4. The molecule has 2 aromatic rings. The minimum Gasteiger partial charge on any atom is -0.497 e. The second-order valence-electron chi connectivity index (χ2n) is 3.60. The van der Waals surface area contributed by atoms with Crippen LogP contribution >= 0.6 is 0 Å². The normalized spacial score (nSPS) is 10.5. The van der Waals surface area contributed by atoms with Crippen molar-refractivity contribution in [2.75, 3.05) is 26.2 Å². The van der Waals surface area contributed by atoms with Gasteiger partial charge in [0, 0.05) is 31.6 Å². The smallest absolute Gasteiger partial charge is 0.338 e. The zero-order valence-corrected chi connectivity index (χ0v) is 9.98. The monoisotopic (exact) mass is 234 g/mol. The molecule has 1 aromatic heterocycles. The summed E-state index contributed by atoms with van der Waals surface area (Å²) in [5.41, 5.74) is 3.84. The van der Waals surface area contributed by atoms with Crippen molar-refractivity contribution >= 4 is 16.7 Å². The Morgan fingerprint density at radius 1 is 1.35 bits per heavy atom. The molecule has 1 N–H and O–H groups in total. The first-order valence-corrected chi connectivity index (χ1v) is 5.18. The van der Waals surface area contributed by atoms with Gasteiger partial charge in [-0.15, -0.1) is 0 Å². The van der Waals surface area contributed by atoms with Gasteiger partial charge in [-0.1, -0.05) is 0 Å². The van der Waals surface area contributed by atoms with Crippen LogP contribution in [0, 0.1) is 0 Å². The van der Waals surface area contributed by atoms with Crippen molar-refractivity contribution in [3.8, 4) is 5.75 Å². The first kappa shape index (κ1) is 11.5. The lowest BCUT2D eigenvalue weighted by molar-refractivity contribution is 0.414. The van der Waals surface area contributed by atoms with Gasteiger partial charge in [0.05, 0.1) is 12.8 Å². The van der Waals surface area contributed by atoms with E-state index in [1.807, 2.05) is 19.2 Å². The summed E-state index contributed by atoms with van der Waals surface area (Å²) in [7, 11) is 5.19. The topological polar surface area (TPSA) is 54.7 Å².